The molecule has 0 aliphatic carbocycles. The summed E-state index contributed by atoms with van der Waals surface area (Å²) in [5.41, 5.74) is 0.865. The maximum atomic E-state index is 12.1. The molecule has 1 saturated heterocycles. The lowest BCUT2D eigenvalue weighted by atomic mass is 10.0. The molecule has 18 heavy (non-hydrogen) atoms. The van der Waals surface area contributed by atoms with Crippen LogP contribution in [0, 0.1) is 0 Å². The number of carboxylic acid groups (broad SMARTS) is 1. The first-order valence-corrected chi connectivity index (χ1v) is 6.09. The monoisotopic (exact) mass is 248 g/mol. The maximum Gasteiger partial charge on any atom is 0.326 e. The summed E-state index contributed by atoms with van der Waals surface area (Å²) in [6, 6.07) is 2.89. The molecule has 1 aliphatic rings. The summed E-state index contributed by atoms with van der Waals surface area (Å²) in [6.45, 7) is 0.543. The quantitative estimate of drug-likeness (QED) is 0.869. The van der Waals surface area contributed by atoms with E-state index >= 15 is 0 Å². The van der Waals surface area contributed by atoms with Crippen molar-refractivity contribution >= 4 is 11.9 Å². The number of amides is 1. The van der Waals surface area contributed by atoms with Crippen molar-refractivity contribution in [1.82, 2.24) is 9.88 Å². The molecule has 0 unspecified atom stereocenters. The fourth-order valence-electron chi connectivity index (χ4n) is 2.26. The Bertz CT molecular complexity index is 433. The summed E-state index contributed by atoms with van der Waals surface area (Å²) < 4.78 is 0. The molecule has 1 amide bonds. The molecule has 0 saturated carbocycles. The van der Waals surface area contributed by atoms with E-state index in [-0.39, 0.29) is 12.3 Å². The number of aliphatic carboxylic acids is 1. The standard InChI is InChI=1S/C13H16N2O3/c16-12(9-10-4-6-14-7-5-10)15-8-2-1-3-11(15)13(17)18/h4-7,11H,1-3,8-9H2,(H,17,18)/t11-/m1/s1. The van der Waals surface area contributed by atoms with Crippen LogP contribution < -0.4 is 0 Å². The zero-order chi connectivity index (χ0) is 13.0. The largest absolute Gasteiger partial charge is 0.480 e. The topological polar surface area (TPSA) is 70.5 Å². The van der Waals surface area contributed by atoms with Gasteiger partial charge in [0.1, 0.15) is 6.04 Å². The van der Waals surface area contributed by atoms with Crippen LogP contribution in [0.4, 0.5) is 0 Å². The number of rotatable bonds is 3. The molecule has 1 aliphatic heterocycles. The van der Waals surface area contributed by atoms with Gasteiger partial charge in [-0.25, -0.2) is 4.79 Å². The van der Waals surface area contributed by atoms with Gasteiger partial charge in [-0.15, -0.1) is 0 Å². The lowest BCUT2D eigenvalue weighted by Gasteiger charge is -2.33. The van der Waals surface area contributed by atoms with Crippen LogP contribution in [-0.2, 0) is 16.0 Å². The van der Waals surface area contributed by atoms with Crippen molar-refractivity contribution in [3.05, 3.63) is 30.1 Å². The normalized spacial score (nSPS) is 19.6. The van der Waals surface area contributed by atoms with Gasteiger partial charge in [-0.2, -0.15) is 0 Å². The highest BCUT2D eigenvalue weighted by Crippen LogP contribution is 2.18. The van der Waals surface area contributed by atoms with Gasteiger partial charge in [-0.1, -0.05) is 0 Å². The van der Waals surface area contributed by atoms with E-state index in [1.165, 1.54) is 4.90 Å². The Morgan fingerprint density at radius 1 is 1.33 bits per heavy atom. The van der Waals surface area contributed by atoms with Crippen molar-refractivity contribution in [3.8, 4) is 0 Å². The fourth-order valence-corrected chi connectivity index (χ4v) is 2.26. The van der Waals surface area contributed by atoms with Gasteiger partial charge in [-0.05, 0) is 37.0 Å². The highest BCUT2D eigenvalue weighted by atomic mass is 16.4. The van der Waals surface area contributed by atoms with Crippen molar-refractivity contribution < 1.29 is 14.7 Å². The molecule has 0 bridgehead atoms. The van der Waals surface area contributed by atoms with Crippen LogP contribution in [0.3, 0.4) is 0 Å². The van der Waals surface area contributed by atoms with Crippen LogP contribution in [0.5, 0.6) is 0 Å². The third-order valence-corrected chi connectivity index (χ3v) is 3.21. The minimum Gasteiger partial charge on any atom is -0.480 e. The second kappa shape index (κ2) is 5.62. The van der Waals surface area contributed by atoms with Crippen LogP contribution in [-0.4, -0.2) is 39.5 Å². The summed E-state index contributed by atoms with van der Waals surface area (Å²) in [7, 11) is 0. The molecule has 5 heteroatoms. The third kappa shape index (κ3) is 2.85. The maximum absolute atomic E-state index is 12.1. The number of carbonyl (C=O) groups is 2. The highest BCUT2D eigenvalue weighted by molar-refractivity contribution is 5.85. The molecule has 96 valence electrons. The van der Waals surface area contributed by atoms with Crippen LogP contribution in [0.1, 0.15) is 24.8 Å². The number of carbonyl (C=O) groups excluding carboxylic acids is 1. The Kier molecular flexibility index (Phi) is 3.92. The van der Waals surface area contributed by atoms with Gasteiger partial charge in [0.05, 0.1) is 6.42 Å². The number of carboxylic acids is 1. The molecular formula is C13H16N2O3. The van der Waals surface area contributed by atoms with Crippen LogP contribution in [0.2, 0.25) is 0 Å². The van der Waals surface area contributed by atoms with Crippen molar-refractivity contribution in [2.75, 3.05) is 6.54 Å². The molecular weight excluding hydrogens is 232 g/mol. The lowest BCUT2D eigenvalue weighted by molar-refractivity contribution is -0.151. The molecule has 2 rings (SSSR count). The molecule has 1 aromatic rings. The van der Waals surface area contributed by atoms with Crippen LogP contribution >= 0.6 is 0 Å². The van der Waals surface area contributed by atoms with E-state index in [0.717, 1.165) is 18.4 Å². The highest BCUT2D eigenvalue weighted by Gasteiger charge is 2.31. The Morgan fingerprint density at radius 3 is 2.72 bits per heavy atom. The minimum atomic E-state index is -0.905. The van der Waals surface area contributed by atoms with Crippen molar-refractivity contribution in [1.29, 1.82) is 0 Å². The zero-order valence-corrected chi connectivity index (χ0v) is 10.1. The summed E-state index contributed by atoms with van der Waals surface area (Å²) in [5.74, 6) is -1.02. The van der Waals surface area contributed by atoms with Crippen molar-refractivity contribution in [2.24, 2.45) is 0 Å². The number of hydrogen-bond donors (Lipinski definition) is 1. The summed E-state index contributed by atoms with van der Waals surface area (Å²) in [5, 5.41) is 9.12. The van der Waals surface area contributed by atoms with Crippen molar-refractivity contribution in [3.63, 3.8) is 0 Å². The number of piperidine rings is 1. The predicted molar refractivity (Wildman–Crippen MR) is 64.9 cm³/mol. The average Bonchev–Trinajstić information content (AvgIpc) is 2.40. The first-order chi connectivity index (χ1) is 8.68. The molecule has 1 aromatic heterocycles. The number of aromatic nitrogens is 1. The van der Waals surface area contributed by atoms with Gasteiger partial charge in [0.2, 0.25) is 5.91 Å². The van der Waals surface area contributed by atoms with Crippen LogP contribution in [0.25, 0.3) is 0 Å². The van der Waals surface area contributed by atoms with Crippen LogP contribution in [0.15, 0.2) is 24.5 Å². The molecule has 0 aromatic carbocycles. The van der Waals surface area contributed by atoms with Gasteiger partial charge in [0.15, 0.2) is 0 Å². The van der Waals surface area contributed by atoms with E-state index in [1.807, 2.05) is 0 Å². The smallest absolute Gasteiger partial charge is 0.326 e. The molecule has 5 nitrogen and oxygen atoms in total. The van der Waals surface area contributed by atoms with E-state index in [1.54, 1.807) is 24.5 Å². The fraction of sp³-hybridized carbons (Fsp3) is 0.462. The number of nitrogens with zero attached hydrogens (tertiary/aromatic N) is 2. The molecule has 1 atom stereocenters. The van der Waals surface area contributed by atoms with E-state index in [9.17, 15) is 9.59 Å². The lowest BCUT2D eigenvalue weighted by Crippen LogP contribution is -2.48. The first-order valence-electron chi connectivity index (χ1n) is 6.09. The van der Waals surface area contributed by atoms with E-state index in [2.05, 4.69) is 4.98 Å². The van der Waals surface area contributed by atoms with Gasteiger partial charge >= 0.3 is 5.97 Å². The second-order valence-corrected chi connectivity index (χ2v) is 4.47. The second-order valence-electron chi connectivity index (χ2n) is 4.47. The Morgan fingerprint density at radius 2 is 2.06 bits per heavy atom. The van der Waals surface area contributed by atoms with Gasteiger partial charge in [0, 0.05) is 18.9 Å². The van der Waals surface area contributed by atoms with E-state index in [4.69, 9.17) is 5.11 Å². The SMILES string of the molecule is O=C(O)[C@H]1CCCCN1C(=O)Cc1ccncc1. The average molecular weight is 248 g/mol. The third-order valence-electron chi connectivity index (χ3n) is 3.21. The van der Waals surface area contributed by atoms with Gasteiger partial charge < -0.3 is 10.0 Å². The molecule has 1 fully saturated rings. The van der Waals surface area contributed by atoms with Crippen molar-refractivity contribution in [2.45, 2.75) is 31.7 Å². The Balaban J connectivity index is 2.05. The summed E-state index contributed by atoms with van der Waals surface area (Å²) >= 11 is 0. The molecule has 0 spiro atoms. The molecule has 0 radical (unpaired) electrons. The Hall–Kier alpha value is -1.91. The molecule has 1 N–H and O–H groups in total. The summed E-state index contributed by atoms with van der Waals surface area (Å²) in [4.78, 5) is 28.6. The van der Waals surface area contributed by atoms with Gasteiger partial charge in [-0.3, -0.25) is 9.78 Å². The first kappa shape index (κ1) is 12.5. The van der Waals surface area contributed by atoms with E-state index in [0.29, 0.717) is 13.0 Å². The number of pyridine rings is 1. The van der Waals surface area contributed by atoms with E-state index < -0.39 is 12.0 Å². The zero-order valence-electron chi connectivity index (χ0n) is 10.1. The van der Waals surface area contributed by atoms with Gasteiger partial charge in [0.25, 0.3) is 0 Å². The number of hydrogen-bond acceptors (Lipinski definition) is 3. The molecule has 2 heterocycles. The summed E-state index contributed by atoms with van der Waals surface area (Å²) in [6.07, 6.45) is 5.81. The minimum absolute atomic E-state index is 0.117. The Labute approximate surface area is 105 Å². The predicted octanol–water partition coefficient (Wildman–Crippen LogP) is 1.09. The number of likely N-dealkylation sites (tertiary alicyclic amines) is 1.